The van der Waals surface area contributed by atoms with Crippen LogP contribution in [0.4, 0.5) is 11.4 Å². The number of benzene rings is 2. The molecule has 0 unspecified atom stereocenters. The lowest BCUT2D eigenvalue weighted by atomic mass is 10.1. The molecular formula is C20H23N3OS2. The van der Waals surface area contributed by atoms with Crippen molar-refractivity contribution >= 4 is 45.9 Å². The Labute approximate surface area is 164 Å². The molecule has 3 rings (SSSR count). The van der Waals surface area contributed by atoms with E-state index in [1.54, 1.807) is 18.0 Å². The predicted molar refractivity (Wildman–Crippen MR) is 117 cm³/mol. The number of hydroxylamine groups is 1. The zero-order valence-corrected chi connectivity index (χ0v) is 17.1. The van der Waals surface area contributed by atoms with E-state index in [-0.39, 0.29) is 4.75 Å². The first-order valence-electron chi connectivity index (χ1n) is 8.44. The van der Waals surface area contributed by atoms with Gasteiger partial charge in [-0.15, -0.1) is 0 Å². The summed E-state index contributed by atoms with van der Waals surface area (Å²) in [4.78, 5) is 3.99. The molecule has 0 radical (unpaired) electrons. The van der Waals surface area contributed by atoms with E-state index in [9.17, 15) is 5.21 Å². The molecule has 136 valence electrons. The van der Waals surface area contributed by atoms with E-state index in [1.807, 2.05) is 78.5 Å². The maximum absolute atomic E-state index is 13.1. The van der Waals surface area contributed by atoms with Gasteiger partial charge in [0.15, 0.2) is 6.21 Å². The molecule has 2 aromatic rings. The highest BCUT2D eigenvalue weighted by Gasteiger charge is 2.51. The van der Waals surface area contributed by atoms with Crippen LogP contribution in [0.15, 0.2) is 54.6 Å². The first-order chi connectivity index (χ1) is 12.3. The monoisotopic (exact) mass is 385 g/mol. The molecule has 0 spiro atoms. The Morgan fingerprint density at radius 1 is 1.12 bits per heavy atom. The molecule has 1 atom stereocenters. The Balaban J connectivity index is 1.96. The van der Waals surface area contributed by atoms with Crippen LogP contribution < -0.4 is 9.80 Å². The van der Waals surface area contributed by atoms with E-state index >= 15 is 0 Å². The average Bonchev–Trinajstić information content (AvgIpc) is 2.84. The van der Waals surface area contributed by atoms with Gasteiger partial charge in [-0.05, 0) is 50.2 Å². The first-order valence-corrected chi connectivity index (χ1v) is 9.67. The second kappa shape index (κ2) is 7.29. The SMILES string of the molecule is CN(C)c1ccc(C=[N+]([O-])[C@@H]2N(c3ccccc3)C(=S)SC2(C)C)cc1. The van der Waals surface area contributed by atoms with Crippen LogP contribution in [0.1, 0.15) is 19.4 Å². The molecule has 26 heavy (non-hydrogen) atoms. The number of hydrogen-bond acceptors (Lipinski definition) is 4. The van der Waals surface area contributed by atoms with Crippen molar-refractivity contribution in [2.24, 2.45) is 0 Å². The van der Waals surface area contributed by atoms with Gasteiger partial charge in [-0.1, -0.05) is 42.2 Å². The van der Waals surface area contributed by atoms with Crippen LogP contribution in [0.5, 0.6) is 0 Å². The van der Waals surface area contributed by atoms with Crippen LogP contribution in [0, 0.1) is 5.21 Å². The zero-order valence-electron chi connectivity index (χ0n) is 15.4. The fourth-order valence-electron chi connectivity index (χ4n) is 3.07. The summed E-state index contributed by atoms with van der Waals surface area (Å²) < 4.78 is 1.43. The van der Waals surface area contributed by atoms with E-state index in [1.165, 1.54) is 0 Å². The summed E-state index contributed by atoms with van der Waals surface area (Å²) >= 11 is 7.15. The lowest BCUT2D eigenvalue weighted by Gasteiger charge is -2.29. The van der Waals surface area contributed by atoms with Crippen molar-refractivity contribution in [2.75, 3.05) is 23.9 Å². The van der Waals surface area contributed by atoms with Gasteiger partial charge in [0.25, 0.3) is 6.17 Å². The normalized spacial score (nSPS) is 19.7. The Hall–Kier alpha value is -2.05. The van der Waals surface area contributed by atoms with Crippen LogP contribution in [0.25, 0.3) is 0 Å². The van der Waals surface area contributed by atoms with E-state index in [2.05, 4.69) is 13.8 Å². The van der Waals surface area contributed by atoms with Crippen LogP contribution in [-0.4, -0.2) is 40.3 Å². The number of para-hydroxylation sites is 1. The molecule has 1 heterocycles. The zero-order chi connectivity index (χ0) is 18.9. The predicted octanol–water partition coefficient (Wildman–Crippen LogP) is 4.32. The molecule has 1 fully saturated rings. The Morgan fingerprint density at radius 3 is 2.31 bits per heavy atom. The molecule has 0 saturated carbocycles. The summed E-state index contributed by atoms with van der Waals surface area (Å²) in [6.07, 6.45) is 1.24. The third-order valence-electron chi connectivity index (χ3n) is 4.37. The first kappa shape index (κ1) is 18.7. The van der Waals surface area contributed by atoms with Crippen molar-refractivity contribution in [1.29, 1.82) is 0 Å². The van der Waals surface area contributed by atoms with Crippen molar-refractivity contribution in [3.05, 3.63) is 65.4 Å². The van der Waals surface area contributed by atoms with E-state index in [0.717, 1.165) is 26.0 Å². The van der Waals surface area contributed by atoms with Crippen molar-refractivity contribution in [1.82, 2.24) is 0 Å². The van der Waals surface area contributed by atoms with Gasteiger partial charge >= 0.3 is 0 Å². The number of thiocarbonyl (C=S) groups is 1. The molecule has 1 saturated heterocycles. The number of rotatable bonds is 4. The smallest absolute Gasteiger partial charge is 0.258 e. The standard InChI is InChI=1S/C20H23N3OS2/c1-20(2)18(23(19(25)26-20)17-8-6-5-7-9-17)22(24)14-15-10-12-16(13-11-15)21(3)4/h5-14,18H,1-4H3/t18-/m1/s1. The summed E-state index contributed by atoms with van der Waals surface area (Å²) in [5.74, 6) is 0. The van der Waals surface area contributed by atoms with Gasteiger partial charge in [0.2, 0.25) is 0 Å². The van der Waals surface area contributed by atoms with Crippen molar-refractivity contribution in [3.8, 4) is 0 Å². The van der Waals surface area contributed by atoms with Gasteiger partial charge in [-0.25, -0.2) is 0 Å². The van der Waals surface area contributed by atoms with E-state index in [4.69, 9.17) is 12.2 Å². The Kier molecular flexibility index (Phi) is 5.25. The third-order valence-corrected chi connectivity index (χ3v) is 5.93. The van der Waals surface area contributed by atoms with Gasteiger partial charge < -0.3 is 10.1 Å². The van der Waals surface area contributed by atoms with Gasteiger partial charge in [0, 0.05) is 31.0 Å². The summed E-state index contributed by atoms with van der Waals surface area (Å²) in [5, 5.41) is 13.1. The second-order valence-electron chi connectivity index (χ2n) is 7.03. The molecule has 0 aliphatic carbocycles. The van der Waals surface area contributed by atoms with Crippen molar-refractivity contribution in [3.63, 3.8) is 0 Å². The van der Waals surface area contributed by atoms with Crippen molar-refractivity contribution in [2.45, 2.75) is 24.8 Å². The summed E-state index contributed by atoms with van der Waals surface area (Å²) in [6, 6.07) is 17.8. The minimum atomic E-state index is -0.407. The molecule has 0 amide bonds. The lowest BCUT2D eigenvalue weighted by Crippen LogP contribution is -2.48. The number of anilines is 2. The molecule has 0 aromatic heterocycles. The fourth-order valence-corrected chi connectivity index (χ4v) is 4.99. The van der Waals surface area contributed by atoms with E-state index in [0.29, 0.717) is 0 Å². The molecular weight excluding hydrogens is 362 g/mol. The molecule has 0 bridgehead atoms. The topological polar surface area (TPSA) is 32.5 Å². The van der Waals surface area contributed by atoms with Crippen molar-refractivity contribution < 1.29 is 4.74 Å². The maximum Gasteiger partial charge on any atom is 0.258 e. The number of nitrogens with zero attached hydrogens (tertiary/aromatic N) is 3. The average molecular weight is 386 g/mol. The summed E-state index contributed by atoms with van der Waals surface area (Å²) in [5.41, 5.74) is 2.92. The highest BCUT2D eigenvalue weighted by molar-refractivity contribution is 8.24. The van der Waals surface area contributed by atoms with Crippen LogP contribution in [0.3, 0.4) is 0 Å². The Morgan fingerprint density at radius 2 is 1.73 bits per heavy atom. The molecule has 1 aliphatic rings. The van der Waals surface area contributed by atoms with Gasteiger partial charge in [0.05, 0.1) is 0 Å². The number of hydrogen-bond donors (Lipinski definition) is 0. The second-order valence-corrected chi connectivity index (χ2v) is 9.31. The van der Waals surface area contributed by atoms with Gasteiger partial charge in [-0.3, -0.25) is 4.90 Å². The molecule has 0 N–H and O–H groups in total. The summed E-state index contributed by atoms with van der Waals surface area (Å²) in [6.45, 7) is 4.12. The van der Waals surface area contributed by atoms with Crippen LogP contribution in [0.2, 0.25) is 0 Å². The highest BCUT2D eigenvalue weighted by atomic mass is 32.2. The molecule has 4 nitrogen and oxygen atoms in total. The summed E-state index contributed by atoms with van der Waals surface area (Å²) in [7, 11) is 3.99. The Bertz CT molecular complexity index is 817. The van der Waals surface area contributed by atoms with Crippen LogP contribution in [-0.2, 0) is 0 Å². The third kappa shape index (κ3) is 3.71. The van der Waals surface area contributed by atoms with Crippen LogP contribution >= 0.6 is 24.0 Å². The van der Waals surface area contributed by atoms with Gasteiger partial charge in [-0.2, -0.15) is 4.74 Å². The molecule has 6 heteroatoms. The minimum Gasteiger partial charge on any atom is -0.622 e. The maximum atomic E-state index is 13.1. The minimum absolute atomic E-state index is 0.325. The quantitative estimate of drug-likeness (QED) is 0.257. The lowest BCUT2D eigenvalue weighted by molar-refractivity contribution is -0.497. The molecule has 2 aromatic carbocycles. The largest absolute Gasteiger partial charge is 0.622 e. The molecule has 1 aliphatic heterocycles. The fraction of sp³-hybridized carbons (Fsp3) is 0.300. The number of thioether (sulfide) groups is 1. The highest BCUT2D eigenvalue weighted by Crippen LogP contribution is 2.43. The van der Waals surface area contributed by atoms with E-state index < -0.39 is 6.17 Å². The van der Waals surface area contributed by atoms with Gasteiger partial charge in [0.1, 0.15) is 9.07 Å².